The van der Waals surface area contributed by atoms with Crippen molar-refractivity contribution in [3.8, 4) is 0 Å². The standard InChI is InChI=1S/C11H5F9O2/c12-6-2-1-5(3-7(6)13)8(21)22-4-9(14,15)10(16,17)11(18,19)20/h1-3H,4H2. The molecule has 1 aromatic carbocycles. The van der Waals surface area contributed by atoms with Crippen molar-refractivity contribution in [2.45, 2.75) is 18.0 Å². The molecule has 0 aliphatic rings. The second-order valence-corrected chi connectivity index (χ2v) is 3.98. The summed E-state index contributed by atoms with van der Waals surface area (Å²) in [6, 6.07) is 1.19. The number of alkyl halides is 7. The van der Waals surface area contributed by atoms with E-state index in [9.17, 15) is 44.3 Å². The van der Waals surface area contributed by atoms with Crippen molar-refractivity contribution in [2.24, 2.45) is 0 Å². The first-order valence-electron chi connectivity index (χ1n) is 5.24. The molecule has 0 fully saturated rings. The molecule has 2 nitrogen and oxygen atoms in total. The average Bonchev–Trinajstić information content (AvgIpc) is 2.37. The van der Waals surface area contributed by atoms with Crippen LogP contribution in [-0.4, -0.2) is 30.6 Å². The van der Waals surface area contributed by atoms with Gasteiger partial charge in [-0.05, 0) is 18.2 Å². The first kappa shape index (κ1) is 18.1. The van der Waals surface area contributed by atoms with Gasteiger partial charge >= 0.3 is 24.0 Å². The summed E-state index contributed by atoms with van der Waals surface area (Å²) < 4.78 is 115. The van der Waals surface area contributed by atoms with Crippen LogP contribution in [-0.2, 0) is 4.74 Å². The molecule has 22 heavy (non-hydrogen) atoms. The lowest BCUT2D eigenvalue weighted by atomic mass is 10.1. The van der Waals surface area contributed by atoms with Gasteiger partial charge in [0.15, 0.2) is 18.2 Å². The zero-order chi connectivity index (χ0) is 17.3. The van der Waals surface area contributed by atoms with E-state index in [1.165, 1.54) is 0 Å². The summed E-state index contributed by atoms with van der Waals surface area (Å²) in [6.45, 7) is -2.60. The molecular formula is C11H5F9O2. The van der Waals surface area contributed by atoms with Crippen LogP contribution in [0.3, 0.4) is 0 Å². The Labute approximate surface area is 116 Å². The van der Waals surface area contributed by atoms with Gasteiger partial charge < -0.3 is 4.74 Å². The molecule has 0 amide bonds. The van der Waals surface area contributed by atoms with E-state index in [-0.39, 0.29) is 6.07 Å². The zero-order valence-electron chi connectivity index (χ0n) is 10.2. The smallest absolute Gasteiger partial charge is 0.455 e. The number of ether oxygens (including phenoxy) is 1. The molecule has 1 aromatic rings. The normalized spacial score (nSPS) is 13.1. The lowest BCUT2D eigenvalue weighted by Gasteiger charge is -2.27. The summed E-state index contributed by atoms with van der Waals surface area (Å²) in [5.41, 5.74) is -0.843. The van der Waals surface area contributed by atoms with Gasteiger partial charge in [-0.15, -0.1) is 0 Å². The second-order valence-electron chi connectivity index (χ2n) is 3.98. The highest BCUT2D eigenvalue weighted by atomic mass is 19.4. The van der Waals surface area contributed by atoms with E-state index in [2.05, 4.69) is 4.74 Å². The Morgan fingerprint density at radius 2 is 1.50 bits per heavy atom. The van der Waals surface area contributed by atoms with Crippen molar-refractivity contribution in [3.05, 3.63) is 35.4 Å². The molecule has 124 valence electrons. The van der Waals surface area contributed by atoms with Crippen LogP contribution in [0.1, 0.15) is 10.4 Å². The molecule has 0 heterocycles. The molecule has 0 atom stereocenters. The molecule has 0 aliphatic carbocycles. The fraction of sp³-hybridized carbons (Fsp3) is 0.364. The molecular weight excluding hydrogens is 335 g/mol. The van der Waals surface area contributed by atoms with Gasteiger partial charge in [0.25, 0.3) is 0 Å². The molecule has 0 aliphatic heterocycles. The van der Waals surface area contributed by atoms with E-state index >= 15 is 0 Å². The van der Waals surface area contributed by atoms with Crippen molar-refractivity contribution in [1.82, 2.24) is 0 Å². The van der Waals surface area contributed by atoms with Crippen LogP contribution in [0.5, 0.6) is 0 Å². The number of carbonyl (C=O) groups is 1. The van der Waals surface area contributed by atoms with E-state index in [0.29, 0.717) is 12.1 Å². The van der Waals surface area contributed by atoms with Gasteiger partial charge in [-0.25, -0.2) is 13.6 Å². The van der Waals surface area contributed by atoms with Gasteiger partial charge in [-0.2, -0.15) is 30.7 Å². The highest BCUT2D eigenvalue weighted by Gasteiger charge is 2.73. The molecule has 0 bridgehead atoms. The Kier molecular flexibility index (Phi) is 4.68. The number of hydrogen-bond acceptors (Lipinski definition) is 2. The quantitative estimate of drug-likeness (QED) is 0.613. The predicted molar refractivity (Wildman–Crippen MR) is 52.6 cm³/mol. The van der Waals surface area contributed by atoms with Crippen molar-refractivity contribution < 1.29 is 49.0 Å². The minimum Gasteiger partial charge on any atom is -0.455 e. The monoisotopic (exact) mass is 340 g/mol. The fourth-order valence-corrected chi connectivity index (χ4v) is 1.16. The molecule has 0 saturated heterocycles. The molecule has 0 spiro atoms. The number of rotatable bonds is 4. The van der Waals surface area contributed by atoms with Gasteiger partial charge in [0, 0.05) is 0 Å². The minimum absolute atomic E-state index is 0.206. The van der Waals surface area contributed by atoms with Crippen LogP contribution in [0, 0.1) is 11.6 Å². The predicted octanol–water partition coefficient (Wildman–Crippen LogP) is 3.95. The maximum absolute atomic E-state index is 12.8. The van der Waals surface area contributed by atoms with Crippen molar-refractivity contribution in [1.29, 1.82) is 0 Å². The second kappa shape index (κ2) is 5.69. The van der Waals surface area contributed by atoms with Gasteiger partial charge in [0.05, 0.1) is 5.56 Å². The summed E-state index contributed by atoms with van der Waals surface area (Å²) in [6.07, 6.45) is -6.56. The van der Waals surface area contributed by atoms with E-state index in [4.69, 9.17) is 0 Å². The SMILES string of the molecule is O=C(OCC(F)(F)C(F)(F)C(F)(F)F)c1ccc(F)c(F)c1. The maximum Gasteiger partial charge on any atom is 0.460 e. The number of benzene rings is 1. The highest BCUT2D eigenvalue weighted by molar-refractivity contribution is 5.89. The molecule has 0 unspecified atom stereocenters. The van der Waals surface area contributed by atoms with Crippen molar-refractivity contribution >= 4 is 5.97 Å². The van der Waals surface area contributed by atoms with E-state index in [1.807, 2.05) is 0 Å². The Hall–Kier alpha value is -1.94. The minimum atomic E-state index is -6.56. The summed E-state index contributed by atoms with van der Waals surface area (Å²) >= 11 is 0. The highest BCUT2D eigenvalue weighted by Crippen LogP contribution is 2.46. The first-order valence-corrected chi connectivity index (χ1v) is 5.24. The van der Waals surface area contributed by atoms with Crippen LogP contribution < -0.4 is 0 Å². The first-order chi connectivity index (χ1) is 9.79. The zero-order valence-corrected chi connectivity index (χ0v) is 10.2. The van der Waals surface area contributed by atoms with Crippen molar-refractivity contribution in [3.63, 3.8) is 0 Å². The van der Waals surface area contributed by atoms with E-state index in [0.717, 1.165) is 0 Å². The summed E-state index contributed by atoms with van der Waals surface area (Å²) in [7, 11) is 0. The van der Waals surface area contributed by atoms with Crippen LogP contribution in [0.2, 0.25) is 0 Å². The van der Waals surface area contributed by atoms with Crippen LogP contribution in [0.25, 0.3) is 0 Å². The van der Waals surface area contributed by atoms with Crippen LogP contribution >= 0.6 is 0 Å². The number of esters is 1. The van der Waals surface area contributed by atoms with Gasteiger partial charge in [-0.1, -0.05) is 0 Å². The van der Waals surface area contributed by atoms with Gasteiger partial charge in [-0.3, -0.25) is 0 Å². The average molecular weight is 340 g/mol. The molecule has 11 heteroatoms. The topological polar surface area (TPSA) is 26.3 Å². The van der Waals surface area contributed by atoms with E-state index in [1.54, 1.807) is 0 Å². The van der Waals surface area contributed by atoms with Crippen LogP contribution in [0.4, 0.5) is 39.5 Å². The maximum atomic E-state index is 12.8. The Morgan fingerprint density at radius 3 is 1.95 bits per heavy atom. The molecule has 0 N–H and O–H groups in total. The Bertz CT molecular complexity index is 565. The fourth-order valence-electron chi connectivity index (χ4n) is 1.16. The largest absolute Gasteiger partial charge is 0.460 e. The van der Waals surface area contributed by atoms with Gasteiger partial charge in [0.2, 0.25) is 0 Å². The van der Waals surface area contributed by atoms with Gasteiger partial charge in [0.1, 0.15) is 0 Å². The third-order valence-corrected chi connectivity index (χ3v) is 2.36. The third-order valence-electron chi connectivity index (χ3n) is 2.36. The van der Waals surface area contributed by atoms with Crippen molar-refractivity contribution in [2.75, 3.05) is 6.61 Å². The molecule has 1 rings (SSSR count). The Morgan fingerprint density at radius 1 is 0.955 bits per heavy atom. The molecule has 0 aromatic heterocycles. The number of carbonyl (C=O) groups excluding carboxylic acids is 1. The summed E-state index contributed by atoms with van der Waals surface area (Å²) in [4.78, 5) is 11.2. The number of halogens is 9. The lowest BCUT2D eigenvalue weighted by Crippen LogP contribution is -2.54. The molecule has 0 saturated carbocycles. The molecule has 0 radical (unpaired) electrons. The summed E-state index contributed by atoms with van der Waals surface area (Å²) in [5, 5.41) is 0. The Balaban J connectivity index is 2.84. The van der Waals surface area contributed by atoms with Crippen LogP contribution in [0.15, 0.2) is 18.2 Å². The number of hydrogen-bond donors (Lipinski definition) is 0. The third kappa shape index (κ3) is 3.45. The van der Waals surface area contributed by atoms with E-state index < -0.39 is 47.8 Å². The lowest BCUT2D eigenvalue weighted by molar-refractivity contribution is -0.359. The summed E-state index contributed by atoms with van der Waals surface area (Å²) in [5.74, 6) is -17.0.